The van der Waals surface area contributed by atoms with Crippen molar-refractivity contribution in [3.05, 3.63) is 51.9 Å². The van der Waals surface area contributed by atoms with Crippen LogP contribution in [0.1, 0.15) is 11.1 Å². The second kappa shape index (κ2) is 3.84. The first-order chi connectivity index (χ1) is 8.65. The molecule has 0 aliphatic heterocycles. The Kier molecular flexibility index (Phi) is 2.30. The number of benzene rings is 1. The molecule has 2 N–H and O–H groups in total. The van der Waals surface area contributed by atoms with E-state index in [4.69, 9.17) is 0 Å². The number of nitrogens with one attached hydrogen (secondary N) is 2. The zero-order valence-electron chi connectivity index (χ0n) is 10.2. The van der Waals surface area contributed by atoms with E-state index in [1.54, 1.807) is 18.3 Å². The minimum atomic E-state index is -0.134. The second-order valence-corrected chi connectivity index (χ2v) is 4.45. The summed E-state index contributed by atoms with van der Waals surface area (Å²) in [6.45, 7) is 4.11. The summed E-state index contributed by atoms with van der Waals surface area (Å²) in [5.41, 5.74) is 4.67. The maximum absolute atomic E-state index is 11.7. The van der Waals surface area contributed by atoms with Crippen LogP contribution in [0.3, 0.4) is 0 Å². The fourth-order valence-electron chi connectivity index (χ4n) is 2.01. The van der Waals surface area contributed by atoms with Crippen molar-refractivity contribution in [3.8, 4) is 11.4 Å². The van der Waals surface area contributed by atoms with Crippen LogP contribution >= 0.6 is 0 Å². The molecule has 3 aromatic rings. The van der Waals surface area contributed by atoms with Gasteiger partial charge in [-0.15, -0.1) is 0 Å². The van der Waals surface area contributed by atoms with Crippen LogP contribution in [0.25, 0.3) is 22.4 Å². The summed E-state index contributed by atoms with van der Waals surface area (Å²) in [5.74, 6) is 0.608. The van der Waals surface area contributed by atoms with Crippen LogP contribution in [0.2, 0.25) is 0 Å². The van der Waals surface area contributed by atoms with E-state index in [9.17, 15) is 4.79 Å². The molecule has 0 fully saturated rings. The van der Waals surface area contributed by atoms with Gasteiger partial charge in [-0.2, -0.15) is 0 Å². The molecule has 4 nitrogen and oxygen atoms in total. The molecule has 0 unspecified atom stereocenters. The van der Waals surface area contributed by atoms with Crippen LogP contribution in [-0.2, 0) is 0 Å². The summed E-state index contributed by atoms with van der Waals surface area (Å²) in [5, 5.41) is 0. The zero-order chi connectivity index (χ0) is 12.7. The fourth-order valence-corrected chi connectivity index (χ4v) is 2.01. The average molecular weight is 239 g/mol. The lowest BCUT2D eigenvalue weighted by Gasteiger charge is -1.97. The van der Waals surface area contributed by atoms with Crippen molar-refractivity contribution < 1.29 is 0 Å². The van der Waals surface area contributed by atoms with Crippen molar-refractivity contribution >= 4 is 11.0 Å². The highest BCUT2D eigenvalue weighted by atomic mass is 16.1. The molecule has 1 aromatic carbocycles. The molecule has 18 heavy (non-hydrogen) atoms. The van der Waals surface area contributed by atoms with E-state index in [1.807, 2.05) is 6.07 Å². The number of pyridine rings is 1. The Labute approximate surface area is 104 Å². The predicted octanol–water partition coefficient (Wildman–Crippen LogP) is 2.54. The zero-order valence-corrected chi connectivity index (χ0v) is 10.2. The molecule has 90 valence electrons. The van der Waals surface area contributed by atoms with Gasteiger partial charge in [-0.3, -0.25) is 4.79 Å². The molecule has 2 aromatic heterocycles. The lowest BCUT2D eigenvalue weighted by molar-refractivity contribution is 1.21. The highest BCUT2D eigenvalue weighted by Crippen LogP contribution is 2.20. The summed E-state index contributed by atoms with van der Waals surface area (Å²) in [7, 11) is 0. The Morgan fingerprint density at radius 1 is 1.17 bits per heavy atom. The minimum absolute atomic E-state index is 0.134. The topological polar surface area (TPSA) is 61.5 Å². The largest absolute Gasteiger partial charge is 0.338 e. The average Bonchev–Trinajstić information content (AvgIpc) is 2.73. The van der Waals surface area contributed by atoms with Gasteiger partial charge >= 0.3 is 0 Å². The molecule has 0 amide bonds. The van der Waals surface area contributed by atoms with E-state index in [2.05, 4.69) is 34.9 Å². The standard InChI is InChI=1S/C14H13N3O/c1-8-6-11-12(7-9(8)2)17-13(16-11)10-4-3-5-15-14(10)18/h3-7H,1-2H3,(H,15,18)(H,16,17). The molecule has 0 saturated carbocycles. The molecule has 0 aliphatic rings. The molecule has 3 rings (SSSR count). The highest BCUT2D eigenvalue weighted by molar-refractivity contribution is 5.80. The van der Waals surface area contributed by atoms with Gasteiger partial charge in [0.15, 0.2) is 0 Å². The van der Waals surface area contributed by atoms with Gasteiger partial charge in [-0.25, -0.2) is 4.98 Å². The van der Waals surface area contributed by atoms with Crippen molar-refractivity contribution in [1.82, 2.24) is 15.0 Å². The Morgan fingerprint density at radius 2 is 1.94 bits per heavy atom. The van der Waals surface area contributed by atoms with E-state index in [1.165, 1.54) is 11.1 Å². The minimum Gasteiger partial charge on any atom is -0.338 e. The molecular weight excluding hydrogens is 226 g/mol. The number of aromatic nitrogens is 3. The molecule has 0 saturated heterocycles. The Bertz CT molecular complexity index is 744. The number of fused-ring (bicyclic) bond motifs is 1. The molecule has 0 spiro atoms. The first-order valence-electron chi connectivity index (χ1n) is 5.80. The molecule has 0 bridgehead atoms. The van der Waals surface area contributed by atoms with Gasteiger partial charge in [0.25, 0.3) is 5.56 Å². The van der Waals surface area contributed by atoms with Crippen LogP contribution in [0, 0.1) is 13.8 Å². The molecular formula is C14H13N3O. The smallest absolute Gasteiger partial charge is 0.258 e. The monoisotopic (exact) mass is 239 g/mol. The Morgan fingerprint density at radius 3 is 2.72 bits per heavy atom. The summed E-state index contributed by atoms with van der Waals surface area (Å²) in [4.78, 5) is 22.0. The van der Waals surface area contributed by atoms with Gasteiger partial charge in [0.2, 0.25) is 0 Å². The lowest BCUT2D eigenvalue weighted by atomic mass is 10.1. The van der Waals surface area contributed by atoms with E-state index in [0.29, 0.717) is 11.4 Å². The third kappa shape index (κ3) is 1.62. The van der Waals surface area contributed by atoms with Crippen LogP contribution in [0.4, 0.5) is 0 Å². The van der Waals surface area contributed by atoms with Crippen LogP contribution in [0.5, 0.6) is 0 Å². The van der Waals surface area contributed by atoms with Crippen molar-refractivity contribution in [3.63, 3.8) is 0 Å². The van der Waals surface area contributed by atoms with Gasteiger partial charge < -0.3 is 9.97 Å². The van der Waals surface area contributed by atoms with E-state index in [0.717, 1.165) is 11.0 Å². The van der Waals surface area contributed by atoms with Gasteiger partial charge in [-0.1, -0.05) is 0 Å². The first-order valence-corrected chi connectivity index (χ1v) is 5.80. The summed E-state index contributed by atoms with van der Waals surface area (Å²) in [6.07, 6.45) is 1.61. The molecule has 4 heteroatoms. The van der Waals surface area contributed by atoms with Gasteiger partial charge in [0, 0.05) is 6.20 Å². The molecule has 2 heterocycles. The number of H-pyrrole nitrogens is 2. The lowest BCUT2D eigenvalue weighted by Crippen LogP contribution is -2.07. The van der Waals surface area contributed by atoms with Gasteiger partial charge in [-0.05, 0) is 49.2 Å². The van der Waals surface area contributed by atoms with Crippen molar-refractivity contribution in [2.45, 2.75) is 13.8 Å². The number of hydrogen-bond acceptors (Lipinski definition) is 2. The van der Waals surface area contributed by atoms with Crippen LogP contribution in [-0.4, -0.2) is 15.0 Å². The number of rotatable bonds is 1. The van der Waals surface area contributed by atoms with Crippen molar-refractivity contribution in [1.29, 1.82) is 0 Å². The number of aromatic amines is 2. The Balaban J connectivity index is 2.26. The number of hydrogen-bond donors (Lipinski definition) is 2. The SMILES string of the molecule is Cc1cc2nc(-c3ccc[nH]c3=O)[nH]c2cc1C. The molecule has 0 atom stereocenters. The predicted molar refractivity (Wildman–Crippen MR) is 71.6 cm³/mol. The quantitative estimate of drug-likeness (QED) is 0.685. The summed E-state index contributed by atoms with van der Waals surface area (Å²) in [6, 6.07) is 7.64. The third-order valence-electron chi connectivity index (χ3n) is 3.17. The van der Waals surface area contributed by atoms with Gasteiger partial charge in [0.05, 0.1) is 16.6 Å². The maximum atomic E-state index is 11.7. The summed E-state index contributed by atoms with van der Waals surface area (Å²) < 4.78 is 0. The van der Waals surface area contributed by atoms with Crippen molar-refractivity contribution in [2.24, 2.45) is 0 Å². The van der Waals surface area contributed by atoms with Crippen LogP contribution < -0.4 is 5.56 Å². The first kappa shape index (κ1) is 10.8. The van der Waals surface area contributed by atoms with E-state index >= 15 is 0 Å². The number of nitrogens with zero attached hydrogens (tertiary/aromatic N) is 1. The Hall–Kier alpha value is -2.36. The van der Waals surface area contributed by atoms with E-state index in [-0.39, 0.29) is 5.56 Å². The fraction of sp³-hybridized carbons (Fsp3) is 0.143. The van der Waals surface area contributed by atoms with Crippen LogP contribution in [0.15, 0.2) is 35.3 Å². The third-order valence-corrected chi connectivity index (χ3v) is 3.17. The number of aryl methyl sites for hydroxylation is 2. The number of imidazole rings is 1. The second-order valence-electron chi connectivity index (χ2n) is 4.45. The maximum Gasteiger partial charge on any atom is 0.258 e. The highest BCUT2D eigenvalue weighted by Gasteiger charge is 2.09. The van der Waals surface area contributed by atoms with E-state index < -0.39 is 0 Å². The normalized spacial score (nSPS) is 11.0. The summed E-state index contributed by atoms with van der Waals surface area (Å²) >= 11 is 0. The molecule has 0 radical (unpaired) electrons. The molecule has 0 aliphatic carbocycles. The van der Waals surface area contributed by atoms with Crippen molar-refractivity contribution in [2.75, 3.05) is 0 Å². The van der Waals surface area contributed by atoms with Gasteiger partial charge in [0.1, 0.15) is 5.82 Å².